The fraction of sp³-hybridized carbons (Fsp3) is 0.308. The quantitative estimate of drug-likeness (QED) is 0.865. The van der Waals surface area contributed by atoms with E-state index >= 15 is 0 Å². The normalized spacial score (nSPS) is 15.4. The highest BCUT2D eigenvalue weighted by Gasteiger charge is 2.21. The lowest BCUT2D eigenvalue weighted by Gasteiger charge is -2.27. The molecule has 1 saturated carbocycles. The van der Waals surface area contributed by atoms with E-state index < -0.39 is 0 Å². The number of nitrogen functional groups attached to an aromatic ring is 1. The maximum atomic E-state index is 6.28. The zero-order valence-corrected chi connectivity index (χ0v) is 11.3. The van der Waals surface area contributed by atoms with Gasteiger partial charge in [0.25, 0.3) is 0 Å². The summed E-state index contributed by atoms with van der Waals surface area (Å²) in [5.41, 5.74) is 7.57. The van der Waals surface area contributed by atoms with Gasteiger partial charge in [0, 0.05) is 17.8 Å². The van der Waals surface area contributed by atoms with Crippen LogP contribution >= 0.6 is 23.1 Å². The number of anilines is 1. The number of aromatic nitrogens is 1. The molecule has 1 fully saturated rings. The van der Waals surface area contributed by atoms with Crippen LogP contribution in [0.25, 0.3) is 10.4 Å². The van der Waals surface area contributed by atoms with Crippen molar-refractivity contribution < 1.29 is 4.74 Å². The van der Waals surface area contributed by atoms with Crippen LogP contribution in [0.5, 0.6) is 5.75 Å². The molecule has 1 heterocycles. The summed E-state index contributed by atoms with van der Waals surface area (Å²) >= 11 is 7.68. The Kier molecular flexibility index (Phi) is 3.14. The summed E-state index contributed by atoms with van der Waals surface area (Å²) in [5, 5.41) is 0.655. The first-order chi connectivity index (χ1) is 8.74. The number of ether oxygens (including phenoxy) is 1. The van der Waals surface area contributed by atoms with Crippen LogP contribution in [-0.4, -0.2) is 10.5 Å². The number of nitrogens with zero attached hydrogens (tertiary/aromatic N) is 1. The van der Waals surface area contributed by atoms with Crippen molar-refractivity contribution in [2.45, 2.75) is 25.4 Å². The van der Waals surface area contributed by atoms with Crippen molar-refractivity contribution in [2.24, 2.45) is 0 Å². The maximum absolute atomic E-state index is 6.28. The summed E-state index contributed by atoms with van der Waals surface area (Å²) in [5.74, 6) is 0.693. The van der Waals surface area contributed by atoms with Crippen LogP contribution in [0.2, 0.25) is 5.02 Å². The first-order valence-electron chi connectivity index (χ1n) is 5.91. The number of halogens is 1. The Morgan fingerprint density at radius 1 is 1.39 bits per heavy atom. The Labute approximate surface area is 115 Å². The second kappa shape index (κ2) is 4.78. The standard InChI is InChI=1S/C13H13ClN2OS/c14-10-7-12(17-8-2-1-3-8)11(15)6-9(10)13-4-5-16-18-13/h4-8H,1-3,15H2. The predicted octanol–water partition coefficient (Wildman–Crippen LogP) is 3.98. The molecule has 18 heavy (non-hydrogen) atoms. The summed E-state index contributed by atoms with van der Waals surface area (Å²) < 4.78 is 9.89. The zero-order chi connectivity index (χ0) is 12.5. The molecule has 0 spiro atoms. The molecule has 0 radical (unpaired) electrons. The first kappa shape index (κ1) is 11.8. The zero-order valence-electron chi connectivity index (χ0n) is 9.73. The lowest BCUT2D eigenvalue weighted by molar-refractivity contribution is 0.121. The van der Waals surface area contributed by atoms with Crippen molar-refractivity contribution >= 4 is 28.8 Å². The molecule has 2 N–H and O–H groups in total. The molecule has 94 valence electrons. The monoisotopic (exact) mass is 280 g/mol. The number of rotatable bonds is 3. The molecule has 3 rings (SSSR count). The summed E-state index contributed by atoms with van der Waals surface area (Å²) in [7, 11) is 0. The van der Waals surface area contributed by atoms with E-state index in [1.54, 1.807) is 6.20 Å². The number of hydrogen-bond donors (Lipinski definition) is 1. The molecule has 1 aromatic carbocycles. The highest BCUT2D eigenvalue weighted by Crippen LogP contribution is 2.38. The second-order valence-corrected chi connectivity index (χ2v) is 5.66. The highest BCUT2D eigenvalue weighted by atomic mass is 35.5. The molecule has 0 aliphatic heterocycles. The molecule has 0 amide bonds. The van der Waals surface area contributed by atoms with Gasteiger partial charge in [-0.05, 0) is 42.9 Å². The molecule has 1 aliphatic rings. The summed E-state index contributed by atoms with van der Waals surface area (Å²) in [6.45, 7) is 0. The van der Waals surface area contributed by atoms with Crippen LogP contribution in [0.1, 0.15) is 19.3 Å². The van der Waals surface area contributed by atoms with Crippen LogP contribution in [0, 0.1) is 0 Å². The van der Waals surface area contributed by atoms with Crippen molar-refractivity contribution in [3.8, 4) is 16.2 Å². The van der Waals surface area contributed by atoms with Gasteiger partial charge in [-0.3, -0.25) is 0 Å². The molecule has 0 bridgehead atoms. The van der Waals surface area contributed by atoms with Gasteiger partial charge in [0.1, 0.15) is 5.75 Å². The van der Waals surface area contributed by atoms with E-state index in [2.05, 4.69) is 4.37 Å². The van der Waals surface area contributed by atoms with Gasteiger partial charge in [0.05, 0.1) is 21.7 Å². The Hall–Kier alpha value is -1.26. The van der Waals surface area contributed by atoms with Crippen molar-refractivity contribution in [1.82, 2.24) is 4.37 Å². The SMILES string of the molecule is Nc1cc(-c2ccns2)c(Cl)cc1OC1CCC1. The van der Waals surface area contributed by atoms with E-state index in [0.717, 1.165) is 23.3 Å². The van der Waals surface area contributed by atoms with Gasteiger partial charge in [0.15, 0.2) is 0 Å². The Morgan fingerprint density at radius 2 is 2.22 bits per heavy atom. The molecule has 3 nitrogen and oxygen atoms in total. The van der Waals surface area contributed by atoms with E-state index in [9.17, 15) is 0 Å². The third-order valence-electron chi connectivity index (χ3n) is 3.15. The molecular formula is C13H13ClN2OS. The van der Waals surface area contributed by atoms with Gasteiger partial charge >= 0.3 is 0 Å². The van der Waals surface area contributed by atoms with Crippen LogP contribution in [0.3, 0.4) is 0 Å². The fourth-order valence-electron chi connectivity index (χ4n) is 1.89. The van der Waals surface area contributed by atoms with E-state index in [1.807, 2.05) is 18.2 Å². The van der Waals surface area contributed by atoms with Crippen molar-refractivity contribution in [3.05, 3.63) is 29.4 Å². The Balaban J connectivity index is 1.92. The van der Waals surface area contributed by atoms with Crippen LogP contribution in [0.15, 0.2) is 24.4 Å². The van der Waals surface area contributed by atoms with Crippen LogP contribution < -0.4 is 10.5 Å². The summed E-state index contributed by atoms with van der Waals surface area (Å²) in [6.07, 6.45) is 5.50. The molecular weight excluding hydrogens is 268 g/mol. The second-order valence-electron chi connectivity index (χ2n) is 4.42. The average Bonchev–Trinajstić information content (AvgIpc) is 2.80. The predicted molar refractivity (Wildman–Crippen MR) is 75.2 cm³/mol. The fourth-order valence-corrected chi connectivity index (χ4v) is 2.82. The maximum Gasteiger partial charge on any atom is 0.144 e. The minimum absolute atomic E-state index is 0.303. The average molecular weight is 281 g/mol. The van der Waals surface area contributed by atoms with Gasteiger partial charge in [-0.25, -0.2) is 4.37 Å². The highest BCUT2D eigenvalue weighted by molar-refractivity contribution is 7.09. The minimum atomic E-state index is 0.303. The van der Waals surface area contributed by atoms with Crippen LogP contribution in [-0.2, 0) is 0 Å². The number of benzene rings is 1. The van der Waals surface area contributed by atoms with Crippen molar-refractivity contribution in [1.29, 1.82) is 0 Å². The van der Waals surface area contributed by atoms with Gasteiger partial charge in [0.2, 0.25) is 0 Å². The minimum Gasteiger partial charge on any atom is -0.488 e. The molecule has 5 heteroatoms. The van der Waals surface area contributed by atoms with Gasteiger partial charge in [-0.15, -0.1) is 0 Å². The lowest BCUT2D eigenvalue weighted by atomic mass is 9.96. The molecule has 2 aromatic rings. The van der Waals surface area contributed by atoms with E-state index in [4.69, 9.17) is 22.1 Å². The smallest absolute Gasteiger partial charge is 0.144 e. The number of nitrogens with two attached hydrogens (primary N) is 1. The number of hydrogen-bond acceptors (Lipinski definition) is 4. The van der Waals surface area contributed by atoms with Crippen molar-refractivity contribution in [3.63, 3.8) is 0 Å². The first-order valence-corrected chi connectivity index (χ1v) is 7.06. The van der Waals surface area contributed by atoms with E-state index in [1.165, 1.54) is 18.0 Å². The topological polar surface area (TPSA) is 48.1 Å². The molecule has 1 aromatic heterocycles. The third-order valence-corrected chi connectivity index (χ3v) is 4.24. The Bertz CT molecular complexity index is 552. The van der Waals surface area contributed by atoms with Crippen LogP contribution in [0.4, 0.5) is 5.69 Å². The van der Waals surface area contributed by atoms with Crippen molar-refractivity contribution in [2.75, 3.05) is 5.73 Å². The third kappa shape index (κ3) is 2.18. The molecule has 0 unspecified atom stereocenters. The van der Waals surface area contributed by atoms with E-state index in [0.29, 0.717) is 22.6 Å². The molecule has 1 aliphatic carbocycles. The summed E-state index contributed by atoms with van der Waals surface area (Å²) in [4.78, 5) is 1.02. The lowest BCUT2D eigenvalue weighted by Crippen LogP contribution is -2.24. The molecule has 0 atom stereocenters. The van der Waals surface area contributed by atoms with E-state index in [-0.39, 0.29) is 0 Å². The molecule has 0 saturated heterocycles. The Morgan fingerprint density at radius 3 is 2.83 bits per heavy atom. The largest absolute Gasteiger partial charge is 0.488 e. The van der Waals surface area contributed by atoms with Gasteiger partial charge in [-0.2, -0.15) is 0 Å². The summed E-state index contributed by atoms with van der Waals surface area (Å²) in [6, 6.07) is 5.60. The van der Waals surface area contributed by atoms with Gasteiger partial charge in [-0.1, -0.05) is 11.6 Å². The van der Waals surface area contributed by atoms with Gasteiger partial charge < -0.3 is 10.5 Å².